The molecule has 0 radical (unpaired) electrons. The van der Waals surface area contributed by atoms with Gasteiger partial charge in [0.25, 0.3) is 0 Å². The first-order chi connectivity index (χ1) is 7.81. The quantitative estimate of drug-likeness (QED) is 0.823. The number of rotatable bonds is 5. The van der Waals surface area contributed by atoms with Gasteiger partial charge in [-0.3, -0.25) is 4.68 Å². The van der Waals surface area contributed by atoms with E-state index in [1.165, 1.54) is 18.4 Å². The van der Waals surface area contributed by atoms with Crippen LogP contribution in [0.1, 0.15) is 31.7 Å². The van der Waals surface area contributed by atoms with Crippen molar-refractivity contribution in [3.63, 3.8) is 0 Å². The van der Waals surface area contributed by atoms with Gasteiger partial charge in [0.05, 0.1) is 12.3 Å². The van der Waals surface area contributed by atoms with E-state index in [0.29, 0.717) is 12.1 Å². The van der Waals surface area contributed by atoms with Crippen molar-refractivity contribution >= 4 is 0 Å². The van der Waals surface area contributed by atoms with E-state index < -0.39 is 0 Å². The molecule has 4 heteroatoms. The number of ether oxygens (including phenoxy) is 1. The molecule has 2 rings (SSSR count). The average Bonchev–Trinajstić information content (AvgIpc) is 2.95. The molecule has 0 aromatic carbocycles. The predicted molar refractivity (Wildman–Crippen MR) is 63.2 cm³/mol. The zero-order valence-corrected chi connectivity index (χ0v) is 10.1. The first-order valence-corrected chi connectivity index (χ1v) is 6.09. The van der Waals surface area contributed by atoms with Crippen LogP contribution in [0.5, 0.6) is 0 Å². The molecule has 90 valence electrons. The van der Waals surface area contributed by atoms with Crippen molar-refractivity contribution in [2.75, 3.05) is 7.11 Å². The average molecular weight is 223 g/mol. The van der Waals surface area contributed by atoms with Crippen molar-refractivity contribution in [1.29, 1.82) is 0 Å². The Balaban J connectivity index is 1.75. The minimum atomic E-state index is 0.455. The Labute approximate surface area is 97.0 Å². The lowest BCUT2D eigenvalue weighted by atomic mass is 10.2. The number of nitrogens with zero attached hydrogens (tertiary/aromatic N) is 2. The van der Waals surface area contributed by atoms with E-state index in [0.717, 1.165) is 19.5 Å². The summed E-state index contributed by atoms with van der Waals surface area (Å²) in [7, 11) is 1.80. The van der Waals surface area contributed by atoms with Crippen LogP contribution in [0.4, 0.5) is 0 Å². The lowest BCUT2D eigenvalue weighted by Crippen LogP contribution is -2.26. The van der Waals surface area contributed by atoms with Crippen molar-refractivity contribution < 1.29 is 4.74 Å². The van der Waals surface area contributed by atoms with Gasteiger partial charge in [0.2, 0.25) is 0 Å². The fourth-order valence-corrected chi connectivity index (χ4v) is 2.27. The molecule has 1 N–H and O–H groups in total. The summed E-state index contributed by atoms with van der Waals surface area (Å²) in [5.41, 5.74) is 1.27. The number of hydrogen-bond donors (Lipinski definition) is 1. The van der Waals surface area contributed by atoms with Crippen LogP contribution in [0.2, 0.25) is 0 Å². The maximum atomic E-state index is 5.36. The van der Waals surface area contributed by atoms with Gasteiger partial charge in [-0.1, -0.05) is 0 Å². The van der Waals surface area contributed by atoms with Crippen LogP contribution in [0.3, 0.4) is 0 Å². The number of methoxy groups -OCH3 is 1. The molecule has 16 heavy (non-hydrogen) atoms. The van der Waals surface area contributed by atoms with Gasteiger partial charge in [-0.2, -0.15) is 5.10 Å². The Morgan fingerprint density at radius 3 is 3.06 bits per heavy atom. The van der Waals surface area contributed by atoms with E-state index in [1.807, 2.05) is 10.9 Å². The molecule has 1 aromatic rings. The van der Waals surface area contributed by atoms with Crippen LogP contribution in [0.25, 0.3) is 0 Å². The minimum absolute atomic E-state index is 0.455. The number of aromatic nitrogens is 2. The molecule has 1 aliphatic rings. The zero-order valence-electron chi connectivity index (χ0n) is 10.1. The Morgan fingerprint density at radius 2 is 2.44 bits per heavy atom. The third-order valence-electron chi connectivity index (χ3n) is 3.32. The molecule has 0 amide bonds. The summed E-state index contributed by atoms with van der Waals surface area (Å²) in [6.45, 7) is 3.96. The molecular weight excluding hydrogens is 202 g/mol. The number of nitrogens with one attached hydrogen (secondary N) is 1. The molecule has 0 bridgehead atoms. The largest absolute Gasteiger partial charge is 0.381 e. The van der Waals surface area contributed by atoms with Crippen molar-refractivity contribution in [1.82, 2.24) is 15.1 Å². The van der Waals surface area contributed by atoms with E-state index in [9.17, 15) is 0 Å². The fourth-order valence-electron chi connectivity index (χ4n) is 2.27. The number of aryl methyl sites for hydroxylation is 1. The van der Waals surface area contributed by atoms with Gasteiger partial charge in [0.1, 0.15) is 0 Å². The number of hydrogen-bond acceptors (Lipinski definition) is 3. The van der Waals surface area contributed by atoms with E-state index in [4.69, 9.17) is 4.74 Å². The van der Waals surface area contributed by atoms with Gasteiger partial charge in [-0.05, 0) is 26.2 Å². The van der Waals surface area contributed by atoms with Crippen molar-refractivity contribution in [2.45, 2.75) is 51.4 Å². The van der Waals surface area contributed by atoms with E-state index in [-0.39, 0.29) is 0 Å². The molecule has 4 nitrogen and oxygen atoms in total. The third kappa shape index (κ3) is 2.83. The normalized spacial score (nSPS) is 25.1. The minimum Gasteiger partial charge on any atom is -0.381 e. The van der Waals surface area contributed by atoms with Crippen LogP contribution >= 0.6 is 0 Å². The summed E-state index contributed by atoms with van der Waals surface area (Å²) >= 11 is 0. The second kappa shape index (κ2) is 5.46. The first kappa shape index (κ1) is 11.6. The van der Waals surface area contributed by atoms with Crippen molar-refractivity contribution in [3.05, 3.63) is 18.0 Å². The Kier molecular flexibility index (Phi) is 3.96. The highest BCUT2D eigenvalue weighted by Gasteiger charge is 2.23. The monoisotopic (exact) mass is 223 g/mol. The molecule has 1 saturated carbocycles. The molecule has 2 atom stereocenters. The topological polar surface area (TPSA) is 39.1 Å². The molecule has 2 unspecified atom stereocenters. The van der Waals surface area contributed by atoms with Crippen molar-refractivity contribution in [2.24, 2.45) is 0 Å². The standard InChI is InChI=1S/C12H21N3O/c1-3-15-9-10(8-14-15)7-13-11-4-5-12(6-11)16-2/h8-9,11-13H,3-7H2,1-2H3. The van der Waals surface area contributed by atoms with Gasteiger partial charge >= 0.3 is 0 Å². The Morgan fingerprint density at radius 1 is 1.56 bits per heavy atom. The summed E-state index contributed by atoms with van der Waals surface area (Å²) in [4.78, 5) is 0. The van der Waals surface area contributed by atoms with Gasteiger partial charge in [0.15, 0.2) is 0 Å². The Hall–Kier alpha value is -0.870. The molecule has 1 aromatic heterocycles. The molecular formula is C12H21N3O. The van der Waals surface area contributed by atoms with Gasteiger partial charge in [-0.25, -0.2) is 0 Å². The highest BCUT2D eigenvalue weighted by Crippen LogP contribution is 2.21. The second-order valence-corrected chi connectivity index (χ2v) is 4.45. The predicted octanol–water partition coefficient (Wildman–Crippen LogP) is 1.56. The molecule has 0 spiro atoms. The molecule has 0 aliphatic heterocycles. The Bertz CT molecular complexity index is 324. The zero-order chi connectivity index (χ0) is 11.4. The highest BCUT2D eigenvalue weighted by molar-refractivity contribution is 5.03. The summed E-state index contributed by atoms with van der Waals surface area (Å²) in [5.74, 6) is 0. The molecule has 1 fully saturated rings. The summed E-state index contributed by atoms with van der Waals surface area (Å²) in [5, 5.41) is 7.83. The highest BCUT2D eigenvalue weighted by atomic mass is 16.5. The van der Waals surface area contributed by atoms with Gasteiger partial charge in [0, 0.05) is 38.0 Å². The fraction of sp³-hybridized carbons (Fsp3) is 0.750. The smallest absolute Gasteiger partial charge is 0.0586 e. The van der Waals surface area contributed by atoms with Crippen LogP contribution in [-0.2, 0) is 17.8 Å². The first-order valence-electron chi connectivity index (χ1n) is 6.09. The van der Waals surface area contributed by atoms with Crippen LogP contribution in [0, 0.1) is 0 Å². The maximum Gasteiger partial charge on any atom is 0.0586 e. The summed E-state index contributed by atoms with van der Waals surface area (Å²) in [6, 6.07) is 0.606. The van der Waals surface area contributed by atoms with Crippen LogP contribution in [-0.4, -0.2) is 29.0 Å². The van der Waals surface area contributed by atoms with Gasteiger partial charge in [-0.15, -0.1) is 0 Å². The molecule has 1 aliphatic carbocycles. The van der Waals surface area contributed by atoms with Crippen LogP contribution in [0.15, 0.2) is 12.4 Å². The van der Waals surface area contributed by atoms with E-state index in [2.05, 4.69) is 23.5 Å². The molecule has 0 saturated heterocycles. The third-order valence-corrected chi connectivity index (χ3v) is 3.32. The lowest BCUT2D eigenvalue weighted by molar-refractivity contribution is 0.107. The van der Waals surface area contributed by atoms with Gasteiger partial charge < -0.3 is 10.1 Å². The maximum absolute atomic E-state index is 5.36. The lowest BCUT2D eigenvalue weighted by Gasteiger charge is -2.11. The second-order valence-electron chi connectivity index (χ2n) is 4.45. The summed E-state index contributed by atoms with van der Waals surface area (Å²) < 4.78 is 7.32. The van der Waals surface area contributed by atoms with Crippen LogP contribution < -0.4 is 5.32 Å². The SMILES string of the molecule is CCn1cc(CNC2CCC(OC)C2)cn1. The van der Waals surface area contributed by atoms with E-state index >= 15 is 0 Å². The van der Waals surface area contributed by atoms with Crippen molar-refractivity contribution in [3.8, 4) is 0 Å². The summed E-state index contributed by atoms with van der Waals surface area (Å²) in [6.07, 6.45) is 8.05. The van der Waals surface area contributed by atoms with E-state index in [1.54, 1.807) is 7.11 Å². The molecule has 1 heterocycles.